The van der Waals surface area contributed by atoms with E-state index >= 15 is 0 Å². The van der Waals surface area contributed by atoms with E-state index in [-0.39, 0.29) is 17.2 Å². The number of benzene rings is 1. The highest BCUT2D eigenvalue weighted by Gasteiger charge is 2.49. The molecule has 3 fully saturated rings. The van der Waals surface area contributed by atoms with Crippen LogP contribution < -0.4 is 16.0 Å². The summed E-state index contributed by atoms with van der Waals surface area (Å²) in [4.78, 5) is 27.7. The molecule has 1 saturated carbocycles. The summed E-state index contributed by atoms with van der Waals surface area (Å²) in [7, 11) is 0. The van der Waals surface area contributed by atoms with E-state index in [0.29, 0.717) is 24.6 Å². The van der Waals surface area contributed by atoms with Crippen LogP contribution in [0.2, 0.25) is 0 Å². The first kappa shape index (κ1) is 20.4. The largest absolute Gasteiger partial charge is 0.351 e. The maximum Gasteiger partial charge on any atom is 0.251 e. The van der Waals surface area contributed by atoms with Gasteiger partial charge in [-0.2, -0.15) is 0 Å². The molecule has 2 amide bonds. The molecule has 6 heteroatoms. The van der Waals surface area contributed by atoms with Crippen molar-refractivity contribution in [3.63, 3.8) is 0 Å². The number of hydrogen-bond acceptors (Lipinski definition) is 4. The van der Waals surface area contributed by atoms with E-state index in [1.54, 1.807) is 0 Å². The Hall–Kier alpha value is -1.92. The van der Waals surface area contributed by atoms with Crippen LogP contribution in [-0.4, -0.2) is 56.0 Å². The van der Waals surface area contributed by atoms with Crippen molar-refractivity contribution in [2.45, 2.75) is 45.1 Å². The van der Waals surface area contributed by atoms with E-state index < -0.39 is 0 Å². The molecule has 1 aromatic carbocycles. The lowest BCUT2D eigenvalue weighted by atomic mass is 9.67. The summed E-state index contributed by atoms with van der Waals surface area (Å²) < 4.78 is 0. The molecule has 158 valence electrons. The number of carbonyl (C=O) groups excluding carboxylic acids is 2. The van der Waals surface area contributed by atoms with Gasteiger partial charge >= 0.3 is 0 Å². The van der Waals surface area contributed by atoms with Gasteiger partial charge in [0.25, 0.3) is 5.91 Å². The Labute approximate surface area is 173 Å². The highest BCUT2D eigenvalue weighted by atomic mass is 16.2. The number of rotatable bonds is 7. The molecule has 2 aliphatic heterocycles. The van der Waals surface area contributed by atoms with Gasteiger partial charge in [-0.1, -0.05) is 25.0 Å². The summed E-state index contributed by atoms with van der Waals surface area (Å²) in [5.41, 5.74) is 1.49. The van der Waals surface area contributed by atoms with Gasteiger partial charge in [-0.15, -0.1) is 0 Å². The second-order valence-corrected chi connectivity index (χ2v) is 8.91. The van der Waals surface area contributed by atoms with E-state index in [0.717, 1.165) is 57.5 Å². The molecule has 4 rings (SSSR count). The second-order valence-electron chi connectivity index (χ2n) is 8.91. The molecule has 0 bridgehead atoms. The quantitative estimate of drug-likeness (QED) is 0.656. The molecule has 2 heterocycles. The highest BCUT2D eigenvalue weighted by molar-refractivity contribution is 5.94. The van der Waals surface area contributed by atoms with Gasteiger partial charge in [-0.25, -0.2) is 0 Å². The van der Waals surface area contributed by atoms with Crippen LogP contribution in [0.15, 0.2) is 24.3 Å². The Morgan fingerprint density at radius 1 is 1.07 bits per heavy atom. The number of nitrogens with one attached hydrogen (secondary N) is 3. The number of fused-ring (bicyclic) bond motifs is 1. The molecule has 1 aliphatic carbocycles. The monoisotopic (exact) mass is 398 g/mol. The molecule has 1 aromatic rings. The van der Waals surface area contributed by atoms with Crippen LogP contribution in [-0.2, 0) is 11.3 Å². The van der Waals surface area contributed by atoms with Crippen LogP contribution in [0.1, 0.15) is 54.4 Å². The molecular weight excluding hydrogens is 364 g/mol. The van der Waals surface area contributed by atoms with Gasteiger partial charge in [0.1, 0.15) is 0 Å². The molecular formula is C23H34N4O2. The summed E-state index contributed by atoms with van der Waals surface area (Å²) in [6, 6.07) is 7.59. The fourth-order valence-electron chi connectivity index (χ4n) is 5.26. The van der Waals surface area contributed by atoms with Crippen molar-refractivity contribution in [1.29, 1.82) is 0 Å². The molecule has 29 heavy (non-hydrogen) atoms. The number of amides is 2. The Morgan fingerprint density at radius 3 is 2.66 bits per heavy atom. The fraction of sp³-hybridized carbons (Fsp3) is 0.652. The van der Waals surface area contributed by atoms with E-state index in [2.05, 4.69) is 20.9 Å². The van der Waals surface area contributed by atoms with E-state index in [4.69, 9.17) is 0 Å². The predicted molar refractivity (Wildman–Crippen MR) is 114 cm³/mol. The van der Waals surface area contributed by atoms with Crippen molar-refractivity contribution in [3.05, 3.63) is 35.4 Å². The SMILES string of the molecule is O=C(NCCN1CCCC1)c1ccc(CNC(=O)[C@@]23CCCC[C@H]2CNC3)cc1. The Bertz CT molecular complexity index is 714. The van der Waals surface area contributed by atoms with E-state index in [1.165, 1.54) is 19.3 Å². The summed E-state index contributed by atoms with van der Waals surface area (Å²) in [6.45, 7) is 6.20. The van der Waals surface area contributed by atoms with Crippen LogP contribution in [0.25, 0.3) is 0 Å². The second kappa shape index (κ2) is 9.26. The lowest BCUT2D eigenvalue weighted by Crippen LogP contribution is -2.47. The summed E-state index contributed by atoms with van der Waals surface area (Å²) in [6.07, 6.45) is 7.07. The highest BCUT2D eigenvalue weighted by Crippen LogP contribution is 2.43. The molecule has 0 aromatic heterocycles. The first-order valence-corrected chi connectivity index (χ1v) is 11.3. The van der Waals surface area contributed by atoms with Crippen LogP contribution in [0.4, 0.5) is 0 Å². The number of carbonyl (C=O) groups is 2. The van der Waals surface area contributed by atoms with Gasteiger partial charge in [0.15, 0.2) is 0 Å². The average Bonchev–Trinajstić information content (AvgIpc) is 3.42. The lowest BCUT2D eigenvalue weighted by Gasteiger charge is -2.37. The van der Waals surface area contributed by atoms with E-state index in [9.17, 15) is 9.59 Å². The Kier molecular flexibility index (Phi) is 6.50. The Morgan fingerprint density at radius 2 is 1.86 bits per heavy atom. The molecule has 3 aliphatic rings. The minimum absolute atomic E-state index is 0.0271. The smallest absolute Gasteiger partial charge is 0.251 e. The molecule has 6 nitrogen and oxygen atoms in total. The Balaban J connectivity index is 1.24. The third-order valence-electron chi connectivity index (χ3n) is 7.07. The molecule has 3 N–H and O–H groups in total. The van der Waals surface area contributed by atoms with Gasteiger partial charge in [0, 0.05) is 31.7 Å². The zero-order valence-electron chi connectivity index (χ0n) is 17.3. The van der Waals surface area contributed by atoms with Crippen molar-refractivity contribution in [2.24, 2.45) is 11.3 Å². The van der Waals surface area contributed by atoms with E-state index in [1.807, 2.05) is 24.3 Å². The normalized spacial score (nSPS) is 26.8. The summed E-state index contributed by atoms with van der Waals surface area (Å²) >= 11 is 0. The van der Waals surface area contributed by atoms with Crippen molar-refractivity contribution >= 4 is 11.8 Å². The van der Waals surface area contributed by atoms with Crippen molar-refractivity contribution < 1.29 is 9.59 Å². The fourth-order valence-corrected chi connectivity index (χ4v) is 5.26. The van der Waals surface area contributed by atoms with Crippen LogP contribution in [0, 0.1) is 11.3 Å². The first-order valence-electron chi connectivity index (χ1n) is 11.3. The predicted octanol–water partition coefficient (Wildman–Crippen LogP) is 1.91. The first-order chi connectivity index (χ1) is 14.2. The van der Waals surface area contributed by atoms with Crippen LogP contribution in [0.3, 0.4) is 0 Å². The maximum absolute atomic E-state index is 13.0. The zero-order chi connectivity index (χ0) is 20.1. The van der Waals surface area contributed by atoms with Crippen LogP contribution >= 0.6 is 0 Å². The molecule has 0 radical (unpaired) electrons. The van der Waals surface area contributed by atoms with Crippen LogP contribution in [0.5, 0.6) is 0 Å². The molecule has 2 atom stereocenters. The van der Waals surface area contributed by atoms with Gasteiger partial charge in [0.2, 0.25) is 5.91 Å². The average molecular weight is 399 g/mol. The number of likely N-dealkylation sites (tertiary alicyclic amines) is 1. The number of hydrogen-bond donors (Lipinski definition) is 3. The van der Waals surface area contributed by atoms with Gasteiger partial charge in [-0.3, -0.25) is 9.59 Å². The number of nitrogens with zero attached hydrogens (tertiary/aromatic N) is 1. The van der Waals surface area contributed by atoms with Gasteiger partial charge < -0.3 is 20.9 Å². The van der Waals surface area contributed by atoms with Crippen molar-refractivity contribution in [1.82, 2.24) is 20.9 Å². The van der Waals surface area contributed by atoms with Gasteiger partial charge in [0.05, 0.1) is 5.41 Å². The molecule has 2 saturated heterocycles. The zero-order valence-corrected chi connectivity index (χ0v) is 17.3. The molecule has 0 unspecified atom stereocenters. The standard InChI is InChI=1S/C23H34N4O2/c28-21(25-11-14-27-12-3-4-13-27)19-8-6-18(7-9-19)15-26-22(29)23-10-2-1-5-20(23)16-24-17-23/h6-9,20,24H,1-5,10-17H2,(H,25,28)(H,26,29)/t20-,23+/m0/s1. The minimum Gasteiger partial charge on any atom is -0.351 e. The third kappa shape index (κ3) is 4.64. The molecule has 0 spiro atoms. The minimum atomic E-state index is -0.215. The summed E-state index contributed by atoms with van der Waals surface area (Å²) in [5.74, 6) is 0.638. The topological polar surface area (TPSA) is 73.5 Å². The summed E-state index contributed by atoms with van der Waals surface area (Å²) in [5, 5.41) is 9.60. The van der Waals surface area contributed by atoms with Crippen molar-refractivity contribution in [2.75, 3.05) is 39.3 Å². The third-order valence-corrected chi connectivity index (χ3v) is 7.07. The van der Waals surface area contributed by atoms with Crippen molar-refractivity contribution in [3.8, 4) is 0 Å². The van der Waals surface area contributed by atoms with Gasteiger partial charge in [-0.05, 0) is 68.9 Å². The maximum atomic E-state index is 13.0. The lowest BCUT2D eigenvalue weighted by molar-refractivity contribution is -0.134.